The van der Waals surface area contributed by atoms with E-state index in [0.29, 0.717) is 42.3 Å². The molecule has 2 aliphatic heterocycles. The van der Waals surface area contributed by atoms with Crippen molar-refractivity contribution < 1.29 is 24.4 Å². The van der Waals surface area contributed by atoms with E-state index in [1.165, 1.54) is 9.96 Å². The third kappa shape index (κ3) is 4.70. The van der Waals surface area contributed by atoms with Crippen LogP contribution in [-0.4, -0.2) is 81.5 Å². The van der Waals surface area contributed by atoms with Crippen LogP contribution in [0.1, 0.15) is 57.0 Å². The van der Waals surface area contributed by atoms with E-state index in [-0.39, 0.29) is 17.4 Å². The van der Waals surface area contributed by atoms with Crippen LogP contribution < -0.4 is 5.32 Å². The summed E-state index contributed by atoms with van der Waals surface area (Å²) in [5.74, 6) is 0.0949. The number of aromatic nitrogens is 2. The molecule has 4 N–H and O–H groups in total. The van der Waals surface area contributed by atoms with E-state index in [1.54, 1.807) is 17.9 Å². The van der Waals surface area contributed by atoms with E-state index in [4.69, 9.17) is 15.0 Å². The first kappa shape index (κ1) is 25.0. The Labute approximate surface area is 194 Å². The van der Waals surface area contributed by atoms with Crippen LogP contribution in [-0.2, 0) is 11.1 Å². The first-order chi connectivity index (χ1) is 15.3. The highest BCUT2D eigenvalue weighted by Crippen LogP contribution is 2.44. The topological polar surface area (TPSA) is 147 Å². The lowest BCUT2D eigenvalue weighted by molar-refractivity contribution is -0.0586. The monoisotopic (exact) mass is 481 g/mol. The van der Waals surface area contributed by atoms with Crippen molar-refractivity contribution in [1.82, 2.24) is 30.1 Å². The van der Waals surface area contributed by atoms with Gasteiger partial charge in [0, 0.05) is 25.7 Å². The van der Waals surface area contributed by atoms with Gasteiger partial charge in [0.1, 0.15) is 17.9 Å². The first-order valence-corrected chi connectivity index (χ1v) is 14.0. The molecular weight excluding hydrogens is 446 g/mol. The summed E-state index contributed by atoms with van der Waals surface area (Å²) in [4.78, 5) is 24.9. The predicted octanol–water partition coefficient (Wildman–Crippen LogP) is 3.00. The maximum atomic E-state index is 12.8. The Bertz CT molecular complexity index is 928. The SMILES string of the molecule is CN(O[Si](C)(C)C(C)(C)C)C(=N)[C@@H]1c2c(cnn2CCCCNC(=O)O)[C@@H]2CN1C(=O)N2O. The molecule has 2 atom stereocenters. The van der Waals surface area contributed by atoms with Gasteiger partial charge in [0.15, 0.2) is 0 Å². The van der Waals surface area contributed by atoms with Crippen molar-refractivity contribution in [2.75, 3.05) is 20.1 Å². The summed E-state index contributed by atoms with van der Waals surface area (Å²) >= 11 is 0. The van der Waals surface area contributed by atoms with Gasteiger partial charge in [-0.2, -0.15) is 10.2 Å². The zero-order chi connectivity index (χ0) is 24.7. The molecule has 184 valence electrons. The summed E-state index contributed by atoms with van der Waals surface area (Å²) in [7, 11) is -0.546. The number of hydrogen-bond acceptors (Lipinski definition) is 6. The number of likely N-dealkylation sites (N-methyl/N-ethyl adjacent to an activating group) is 1. The van der Waals surface area contributed by atoms with Crippen LogP contribution in [0.2, 0.25) is 18.1 Å². The van der Waals surface area contributed by atoms with Crippen LogP contribution in [0, 0.1) is 5.41 Å². The fraction of sp³-hybridized carbons (Fsp3) is 0.700. The van der Waals surface area contributed by atoms with E-state index in [9.17, 15) is 14.8 Å². The van der Waals surface area contributed by atoms with E-state index < -0.39 is 32.5 Å². The third-order valence-electron chi connectivity index (χ3n) is 6.79. The number of aryl methyl sites for hydroxylation is 1. The molecule has 2 aliphatic rings. The van der Waals surface area contributed by atoms with Gasteiger partial charge in [-0.1, -0.05) is 20.8 Å². The molecular formula is C20H35N7O5Si. The normalized spacial score (nSPS) is 20.2. The number of fused-ring (bicyclic) bond motifs is 4. The molecule has 0 aromatic carbocycles. The van der Waals surface area contributed by atoms with Gasteiger partial charge >= 0.3 is 12.1 Å². The summed E-state index contributed by atoms with van der Waals surface area (Å²) in [5, 5.41) is 37.0. The van der Waals surface area contributed by atoms with Gasteiger partial charge < -0.3 is 19.8 Å². The minimum Gasteiger partial charge on any atom is -0.465 e. The van der Waals surface area contributed by atoms with Gasteiger partial charge in [-0.3, -0.25) is 20.4 Å². The van der Waals surface area contributed by atoms with Crippen molar-refractivity contribution in [3.8, 4) is 0 Å². The minimum atomic E-state index is -2.23. The van der Waals surface area contributed by atoms with Crippen molar-refractivity contribution in [2.24, 2.45) is 0 Å². The minimum absolute atomic E-state index is 0.0680. The summed E-state index contributed by atoms with van der Waals surface area (Å²) < 4.78 is 8.04. The lowest BCUT2D eigenvalue weighted by Crippen LogP contribution is -2.51. The Morgan fingerprint density at radius 1 is 1.39 bits per heavy atom. The summed E-state index contributed by atoms with van der Waals surface area (Å²) in [6.07, 6.45) is 1.86. The third-order valence-corrected chi connectivity index (χ3v) is 11.1. The molecule has 0 radical (unpaired) electrons. The number of hydroxylamine groups is 4. The largest absolute Gasteiger partial charge is 0.465 e. The molecule has 33 heavy (non-hydrogen) atoms. The van der Waals surface area contributed by atoms with Gasteiger partial charge in [-0.15, -0.1) is 0 Å². The highest BCUT2D eigenvalue weighted by atomic mass is 28.4. The van der Waals surface area contributed by atoms with Crippen LogP contribution in [0.25, 0.3) is 0 Å². The summed E-state index contributed by atoms with van der Waals surface area (Å²) in [6.45, 7) is 11.6. The molecule has 0 saturated carbocycles. The van der Waals surface area contributed by atoms with Crippen molar-refractivity contribution >= 4 is 26.3 Å². The predicted molar refractivity (Wildman–Crippen MR) is 122 cm³/mol. The fourth-order valence-electron chi connectivity index (χ4n) is 3.90. The van der Waals surface area contributed by atoms with Crippen LogP contribution in [0.3, 0.4) is 0 Å². The van der Waals surface area contributed by atoms with Crippen molar-refractivity contribution in [2.45, 2.75) is 70.4 Å². The van der Waals surface area contributed by atoms with Gasteiger partial charge in [0.25, 0.3) is 0 Å². The molecule has 0 spiro atoms. The standard InChI is InChI=1S/C20H35N7O5Si/c1-20(2,3)33(5,6)32-24(4)17(21)16-15-13(14-12-25(16)19(30)27(14)31)11-23-26(15)10-8-7-9-22-18(28)29/h11,14,16,21-22,31H,7-10,12H2,1-6H3,(H,28,29)/t14-,16-/m0/s1. The number of urea groups is 1. The lowest BCUT2D eigenvalue weighted by Gasteiger charge is -2.41. The van der Waals surface area contributed by atoms with Crippen LogP contribution in [0.5, 0.6) is 0 Å². The van der Waals surface area contributed by atoms with Crippen LogP contribution in [0.15, 0.2) is 6.20 Å². The molecule has 1 aromatic rings. The molecule has 1 saturated heterocycles. The summed E-state index contributed by atoms with van der Waals surface area (Å²) in [6, 6.07) is -1.84. The fourth-order valence-corrected chi connectivity index (χ4v) is 4.96. The van der Waals surface area contributed by atoms with Crippen molar-refractivity contribution in [3.05, 3.63) is 17.5 Å². The smallest absolute Gasteiger partial charge is 0.404 e. The first-order valence-electron chi connectivity index (χ1n) is 11.1. The number of carbonyl (C=O) groups excluding carboxylic acids is 1. The van der Waals surface area contributed by atoms with E-state index in [2.05, 4.69) is 44.3 Å². The van der Waals surface area contributed by atoms with Crippen molar-refractivity contribution in [1.29, 1.82) is 5.41 Å². The average molecular weight is 482 g/mol. The molecule has 3 rings (SSSR count). The quantitative estimate of drug-likeness (QED) is 0.111. The zero-order valence-corrected chi connectivity index (χ0v) is 21.1. The Kier molecular flexibility index (Phi) is 6.78. The Balaban J connectivity index is 1.86. The zero-order valence-electron chi connectivity index (χ0n) is 20.1. The van der Waals surface area contributed by atoms with Gasteiger partial charge in [-0.05, 0) is 31.0 Å². The highest BCUT2D eigenvalue weighted by molar-refractivity contribution is 6.74. The molecule has 13 heteroatoms. The molecule has 2 bridgehead atoms. The maximum absolute atomic E-state index is 12.8. The average Bonchev–Trinajstić information content (AvgIpc) is 3.22. The number of rotatable bonds is 8. The van der Waals surface area contributed by atoms with Gasteiger partial charge in [-0.25, -0.2) is 9.59 Å². The number of unbranched alkanes of at least 4 members (excludes halogenated alkanes) is 1. The number of nitrogens with one attached hydrogen (secondary N) is 2. The molecule has 3 amide bonds. The number of hydrogen-bond donors (Lipinski definition) is 4. The van der Waals surface area contributed by atoms with Gasteiger partial charge in [0.2, 0.25) is 8.32 Å². The van der Waals surface area contributed by atoms with Crippen molar-refractivity contribution in [3.63, 3.8) is 0 Å². The molecule has 3 heterocycles. The van der Waals surface area contributed by atoms with Gasteiger partial charge in [0.05, 0.1) is 18.4 Å². The number of carboxylic acid groups (broad SMARTS) is 1. The molecule has 1 fully saturated rings. The maximum Gasteiger partial charge on any atom is 0.404 e. The lowest BCUT2D eigenvalue weighted by atomic mass is 9.97. The number of carbonyl (C=O) groups is 2. The van der Waals surface area contributed by atoms with Crippen LogP contribution in [0.4, 0.5) is 9.59 Å². The highest BCUT2D eigenvalue weighted by Gasteiger charge is 2.52. The van der Waals surface area contributed by atoms with E-state index in [1.807, 2.05) is 0 Å². The molecule has 0 aliphatic carbocycles. The van der Waals surface area contributed by atoms with E-state index in [0.717, 1.165) is 0 Å². The Morgan fingerprint density at radius 2 is 2.06 bits per heavy atom. The molecule has 1 aromatic heterocycles. The second-order valence-electron chi connectivity index (χ2n) is 10.1. The Hall–Kier alpha value is -2.64. The molecule has 12 nitrogen and oxygen atoms in total. The number of amides is 3. The number of nitrogens with zero attached hydrogens (tertiary/aromatic N) is 5. The number of amidine groups is 1. The molecule has 0 unspecified atom stereocenters. The second kappa shape index (κ2) is 8.95. The Morgan fingerprint density at radius 3 is 2.67 bits per heavy atom. The summed E-state index contributed by atoms with van der Waals surface area (Å²) in [5.41, 5.74) is 1.39. The van der Waals surface area contributed by atoms with E-state index >= 15 is 0 Å². The van der Waals surface area contributed by atoms with Crippen LogP contribution >= 0.6 is 0 Å². The second-order valence-corrected chi connectivity index (χ2v) is 14.8.